The first kappa shape index (κ1) is 19.1. The van der Waals surface area contributed by atoms with Gasteiger partial charge in [-0.05, 0) is 38.1 Å². The molecule has 8 heteroatoms. The Morgan fingerprint density at radius 3 is 1.43 bits per heavy atom. The summed E-state index contributed by atoms with van der Waals surface area (Å²) in [6.45, 7) is 3.58. The SMILES string of the molecule is [2H]OC(=O)C(OC(=O)c1ccc(C)cc1)C(OC(=O)c1ccc(C)cc1)C(=O)O. The van der Waals surface area contributed by atoms with E-state index in [0.29, 0.717) is 0 Å². The highest BCUT2D eigenvalue weighted by molar-refractivity contribution is 5.95. The van der Waals surface area contributed by atoms with Crippen molar-refractivity contribution in [3.8, 4) is 0 Å². The van der Waals surface area contributed by atoms with Crippen molar-refractivity contribution in [1.82, 2.24) is 0 Å². The molecule has 2 unspecified atom stereocenters. The van der Waals surface area contributed by atoms with Crippen molar-refractivity contribution in [3.63, 3.8) is 0 Å². The molecule has 0 saturated carbocycles. The fourth-order valence-electron chi connectivity index (χ4n) is 2.22. The van der Waals surface area contributed by atoms with Crippen LogP contribution in [0.2, 0.25) is 0 Å². The van der Waals surface area contributed by atoms with Gasteiger partial charge in [-0.25, -0.2) is 19.2 Å². The number of esters is 2. The normalized spacial score (nSPS) is 12.9. The molecule has 2 aromatic rings. The van der Waals surface area contributed by atoms with Crippen LogP contribution in [0.15, 0.2) is 48.5 Å². The molecule has 0 aromatic heterocycles. The lowest BCUT2D eigenvalue weighted by Crippen LogP contribution is -2.45. The fourth-order valence-corrected chi connectivity index (χ4v) is 2.22. The van der Waals surface area contributed by atoms with Gasteiger partial charge in [-0.1, -0.05) is 35.4 Å². The molecule has 0 heterocycles. The molecular weight excluding hydrogens is 368 g/mol. The maximum absolute atomic E-state index is 12.3. The van der Waals surface area contributed by atoms with Gasteiger partial charge in [-0.15, -0.1) is 0 Å². The number of hydrogen-bond acceptors (Lipinski definition) is 7. The van der Waals surface area contributed by atoms with E-state index in [1.54, 1.807) is 38.1 Å². The minimum absolute atomic E-state index is 0.0321. The zero-order valence-corrected chi connectivity index (χ0v) is 15.1. The molecule has 0 spiro atoms. The molecule has 2 N–H and O–H groups in total. The van der Waals surface area contributed by atoms with Crippen molar-refractivity contribution in [1.29, 1.82) is 1.43 Å². The Balaban J connectivity index is 2.25. The molecule has 0 radical (unpaired) electrons. The minimum atomic E-state index is -2.21. The smallest absolute Gasteiger partial charge is 0.349 e. The lowest BCUT2D eigenvalue weighted by atomic mass is 10.1. The van der Waals surface area contributed by atoms with Gasteiger partial charge in [0.15, 0.2) is 0 Å². The first-order valence-corrected chi connectivity index (χ1v) is 8.18. The highest BCUT2D eigenvalue weighted by Crippen LogP contribution is 2.14. The molecule has 0 aliphatic rings. The van der Waals surface area contributed by atoms with Gasteiger partial charge in [0.25, 0.3) is 1.43 Å². The van der Waals surface area contributed by atoms with E-state index >= 15 is 0 Å². The average molecular weight is 387 g/mol. The Labute approximate surface area is 161 Å². The Kier molecular flexibility index (Phi) is 6.01. The lowest BCUT2D eigenvalue weighted by Gasteiger charge is -2.21. The zero-order chi connectivity index (χ0) is 21.6. The van der Waals surface area contributed by atoms with Crippen LogP contribution in [-0.2, 0) is 19.1 Å². The Hall–Kier alpha value is -3.68. The van der Waals surface area contributed by atoms with Gasteiger partial charge in [-0.2, -0.15) is 0 Å². The summed E-state index contributed by atoms with van der Waals surface area (Å²) in [6, 6.07) is 12.1. The summed E-state index contributed by atoms with van der Waals surface area (Å²) in [5, 5.41) is 13.2. The molecule has 2 rings (SSSR count). The van der Waals surface area contributed by atoms with Gasteiger partial charge in [0.05, 0.1) is 11.1 Å². The monoisotopic (exact) mass is 387 g/mol. The molecular formula is C20H18O8. The number of aryl methyl sites for hydroxylation is 2. The maximum Gasteiger partial charge on any atom is 0.349 e. The average Bonchev–Trinajstić information content (AvgIpc) is 2.70. The second-order valence-corrected chi connectivity index (χ2v) is 6.04. The number of carbonyl (C=O) groups excluding carboxylic acids is 2. The second-order valence-electron chi connectivity index (χ2n) is 6.04. The van der Waals surface area contributed by atoms with Crippen LogP contribution in [0.4, 0.5) is 0 Å². The zero-order valence-electron chi connectivity index (χ0n) is 16.1. The molecule has 0 amide bonds. The van der Waals surface area contributed by atoms with E-state index in [1.165, 1.54) is 24.3 Å². The highest BCUT2D eigenvalue weighted by Gasteiger charge is 2.41. The summed E-state index contributed by atoms with van der Waals surface area (Å²) in [4.78, 5) is 48.0. The van der Waals surface area contributed by atoms with Crippen molar-refractivity contribution in [2.24, 2.45) is 0 Å². The van der Waals surface area contributed by atoms with Crippen LogP contribution < -0.4 is 0 Å². The fraction of sp³-hybridized carbons (Fsp3) is 0.200. The number of hydrogen-bond donors (Lipinski definition) is 2. The van der Waals surface area contributed by atoms with Crippen LogP contribution in [0.1, 0.15) is 31.8 Å². The van der Waals surface area contributed by atoms with Crippen LogP contribution in [0.3, 0.4) is 0 Å². The van der Waals surface area contributed by atoms with Crippen LogP contribution >= 0.6 is 0 Å². The van der Waals surface area contributed by atoms with Crippen molar-refractivity contribution >= 4 is 23.9 Å². The number of benzene rings is 2. The number of rotatable bonds is 7. The topological polar surface area (TPSA) is 127 Å². The maximum atomic E-state index is 12.3. The number of carbonyl (C=O) groups is 4. The van der Waals surface area contributed by atoms with E-state index in [9.17, 15) is 24.3 Å². The number of ether oxygens (including phenoxy) is 2. The number of carboxylic acids is 2. The summed E-state index contributed by atoms with van der Waals surface area (Å²) < 4.78 is 16.5. The van der Waals surface area contributed by atoms with E-state index in [2.05, 4.69) is 5.11 Å². The van der Waals surface area contributed by atoms with E-state index in [-0.39, 0.29) is 11.1 Å². The molecule has 2 atom stereocenters. The molecule has 2 aromatic carbocycles. The van der Waals surface area contributed by atoms with Crippen LogP contribution in [0.5, 0.6) is 0 Å². The summed E-state index contributed by atoms with van der Waals surface area (Å²) in [5.74, 6) is -5.35. The van der Waals surface area contributed by atoms with Gasteiger partial charge in [0, 0.05) is 0 Å². The van der Waals surface area contributed by atoms with E-state index in [1.807, 2.05) is 0 Å². The minimum Gasteiger partial charge on any atom is -0.478 e. The van der Waals surface area contributed by atoms with Crippen molar-refractivity contribution in [3.05, 3.63) is 70.8 Å². The molecule has 8 nitrogen and oxygen atoms in total. The molecule has 28 heavy (non-hydrogen) atoms. The Morgan fingerprint density at radius 2 is 1.11 bits per heavy atom. The number of aliphatic carboxylic acids is 2. The second kappa shape index (κ2) is 8.81. The third kappa shape index (κ3) is 5.16. The third-order valence-corrected chi connectivity index (χ3v) is 3.79. The van der Waals surface area contributed by atoms with E-state index in [4.69, 9.17) is 10.9 Å². The molecule has 0 bridgehead atoms. The van der Waals surface area contributed by atoms with Gasteiger partial charge >= 0.3 is 23.9 Å². The standard InChI is InChI=1S/C20H18O8/c1-11-3-7-13(8-4-11)19(25)27-15(17(21)22)16(18(23)24)28-20(26)14-9-5-12(2)6-10-14/h3-10,15-16H,1-2H3,(H,21,22)(H,23,24)/i/hD. The first-order chi connectivity index (χ1) is 13.7. The summed E-state index contributed by atoms with van der Waals surface area (Å²) in [6.07, 6.45) is -4.38. The van der Waals surface area contributed by atoms with Gasteiger partial charge in [0.2, 0.25) is 12.2 Å². The van der Waals surface area contributed by atoms with Crippen LogP contribution in [-0.4, -0.2) is 46.3 Å². The third-order valence-electron chi connectivity index (χ3n) is 3.79. The summed E-state index contributed by atoms with van der Waals surface area (Å²) in [7, 11) is 0. The summed E-state index contributed by atoms with van der Waals surface area (Å²) in [5.41, 5.74) is 1.79. The van der Waals surface area contributed by atoms with E-state index in [0.717, 1.165) is 11.1 Å². The molecule has 146 valence electrons. The van der Waals surface area contributed by atoms with Gasteiger partial charge in [-0.3, -0.25) is 0 Å². The van der Waals surface area contributed by atoms with Gasteiger partial charge < -0.3 is 19.7 Å². The first-order valence-electron chi connectivity index (χ1n) is 8.59. The van der Waals surface area contributed by atoms with E-state index < -0.39 is 36.1 Å². The largest absolute Gasteiger partial charge is 0.478 e. The number of carboxylic acid groups (broad SMARTS) is 2. The van der Waals surface area contributed by atoms with Crippen molar-refractivity contribution in [2.75, 3.05) is 0 Å². The van der Waals surface area contributed by atoms with Crippen molar-refractivity contribution < 1.29 is 38.9 Å². The molecule has 0 aliphatic heterocycles. The highest BCUT2D eigenvalue weighted by atomic mass is 16.6. The lowest BCUT2D eigenvalue weighted by molar-refractivity contribution is -0.166. The molecule has 0 saturated heterocycles. The van der Waals surface area contributed by atoms with Gasteiger partial charge in [0.1, 0.15) is 0 Å². The molecule has 0 fully saturated rings. The predicted molar refractivity (Wildman–Crippen MR) is 96.0 cm³/mol. The van der Waals surface area contributed by atoms with Crippen LogP contribution in [0.25, 0.3) is 1.43 Å². The summed E-state index contributed by atoms with van der Waals surface area (Å²) >= 11 is 0. The quantitative estimate of drug-likeness (QED) is 0.693. The predicted octanol–water partition coefficient (Wildman–Crippen LogP) is 2.22. The Morgan fingerprint density at radius 1 is 0.750 bits per heavy atom. The van der Waals surface area contributed by atoms with Crippen LogP contribution in [0, 0.1) is 13.8 Å². The molecule has 0 aliphatic carbocycles. The Bertz CT molecular complexity index is 905. The van der Waals surface area contributed by atoms with Crippen molar-refractivity contribution in [2.45, 2.75) is 26.1 Å².